The highest BCUT2D eigenvalue weighted by Gasteiger charge is 2.23. The van der Waals surface area contributed by atoms with Crippen LogP contribution >= 0.6 is 0 Å². The molecular weight excluding hydrogens is 352 g/mol. The Morgan fingerprint density at radius 1 is 0.929 bits per heavy atom. The molecule has 0 spiro atoms. The van der Waals surface area contributed by atoms with Gasteiger partial charge in [0.05, 0.1) is 11.2 Å². The number of benzene rings is 2. The van der Waals surface area contributed by atoms with E-state index in [1.807, 2.05) is 60.7 Å². The molecule has 142 valence electrons. The summed E-state index contributed by atoms with van der Waals surface area (Å²) in [7, 11) is 0. The van der Waals surface area contributed by atoms with E-state index >= 15 is 0 Å². The lowest BCUT2D eigenvalue weighted by molar-refractivity contribution is -0.130. The zero-order chi connectivity index (χ0) is 19.5. The van der Waals surface area contributed by atoms with E-state index in [1.54, 1.807) is 16.7 Å². The number of hydrogen-bond acceptors (Lipinski definition) is 3. The molecule has 0 bridgehead atoms. The van der Waals surface area contributed by atoms with Crippen molar-refractivity contribution in [2.45, 2.75) is 6.92 Å². The van der Waals surface area contributed by atoms with E-state index in [0.717, 1.165) is 22.2 Å². The molecule has 1 saturated heterocycles. The van der Waals surface area contributed by atoms with Gasteiger partial charge in [0.1, 0.15) is 0 Å². The molecule has 1 aliphatic heterocycles. The molecule has 2 heterocycles. The van der Waals surface area contributed by atoms with Gasteiger partial charge >= 0.3 is 0 Å². The first-order valence-electron chi connectivity index (χ1n) is 9.38. The minimum Gasteiger partial charge on any atom is -0.339 e. The SMILES string of the molecule is CC(=O)N1CCN(C(=O)c2ccc(C=Cc3n[nH]c4ccccc34)cc2)CC1. The van der Waals surface area contributed by atoms with E-state index in [1.165, 1.54) is 0 Å². The number of H-pyrrole nitrogens is 1. The number of nitrogens with zero attached hydrogens (tertiary/aromatic N) is 3. The van der Waals surface area contributed by atoms with Crippen molar-refractivity contribution in [1.29, 1.82) is 0 Å². The van der Waals surface area contributed by atoms with E-state index in [4.69, 9.17) is 0 Å². The van der Waals surface area contributed by atoms with Gasteiger partial charge in [-0.2, -0.15) is 5.10 Å². The van der Waals surface area contributed by atoms with Crippen molar-refractivity contribution in [3.05, 3.63) is 65.4 Å². The van der Waals surface area contributed by atoms with Crippen LogP contribution in [-0.4, -0.2) is 58.0 Å². The summed E-state index contributed by atoms with van der Waals surface area (Å²) in [5.41, 5.74) is 3.57. The van der Waals surface area contributed by atoms with Gasteiger partial charge < -0.3 is 9.80 Å². The molecule has 2 amide bonds. The predicted molar refractivity (Wildman–Crippen MR) is 110 cm³/mol. The van der Waals surface area contributed by atoms with E-state index in [-0.39, 0.29) is 11.8 Å². The highest BCUT2D eigenvalue weighted by Crippen LogP contribution is 2.18. The maximum absolute atomic E-state index is 12.7. The lowest BCUT2D eigenvalue weighted by atomic mass is 10.1. The maximum atomic E-state index is 12.7. The van der Waals surface area contributed by atoms with Gasteiger partial charge in [0.2, 0.25) is 5.91 Å². The molecule has 0 radical (unpaired) electrons. The Morgan fingerprint density at radius 2 is 1.61 bits per heavy atom. The number of hydrogen-bond donors (Lipinski definition) is 1. The van der Waals surface area contributed by atoms with Crippen LogP contribution in [0.15, 0.2) is 48.5 Å². The second-order valence-electron chi connectivity index (χ2n) is 6.91. The standard InChI is InChI=1S/C22H22N4O2/c1-16(27)25-12-14-26(15-13-25)22(28)18-9-6-17(7-10-18)8-11-21-19-4-2-3-5-20(19)23-24-21/h2-11H,12-15H2,1H3,(H,23,24). The second kappa shape index (κ2) is 7.68. The first kappa shape index (κ1) is 18.0. The Hall–Kier alpha value is -3.41. The number of carbonyl (C=O) groups excluding carboxylic acids is 2. The van der Waals surface area contributed by atoms with Gasteiger partial charge in [-0.1, -0.05) is 36.4 Å². The van der Waals surface area contributed by atoms with Crippen LogP contribution in [-0.2, 0) is 4.79 Å². The van der Waals surface area contributed by atoms with Crippen LogP contribution in [0.3, 0.4) is 0 Å². The Balaban J connectivity index is 1.42. The molecule has 6 heteroatoms. The quantitative estimate of drug-likeness (QED) is 0.766. The zero-order valence-electron chi connectivity index (χ0n) is 15.8. The maximum Gasteiger partial charge on any atom is 0.253 e. The topological polar surface area (TPSA) is 69.3 Å². The van der Waals surface area contributed by atoms with Crippen molar-refractivity contribution in [3.8, 4) is 0 Å². The Kier molecular flexibility index (Phi) is 4.93. The van der Waals surface area contributed by atoms with Gasteiger partial charge in [-0.05, 0) is 29.8 Å². The van der Waals surface area contributed by atoms with Crippen molar-refractivity contribution in [3.63, 3.8) is 0 Å². The summed E-state index contributed by atoms with van der Waals surface area (Å²) in [5.74, 6) is 0.0740. The third-order valence-corrected chi connectivity index (χ3v) is 5.10. The first-order valence-corrected chi connectivity index (χ1v) is 9.38. The van der Waals surface area contributed by atoms with E-state index in [9.17, 15) is 9.59 Å². The van der Waals surface area contributed by atoms with Crippen molar-refractivity contribution < 1.29 is 9.59 Å². The third kappa shape index (κ3) is 3.67. The van der Waals surface area contributed by atoms with Gasteiger partial charge in [0.25, 0.3) is 5.91 Å². The number of amides is 2. The van der Waals surface area contributed by atoms with Crippen LogP contribution in [0.1, 0.15) is 28.5 Å². The number of piperazine rings is 1. The molecule has 4 rings (SSSR count). The highest BCUT2D eigenvalue weighted by molar-refractivity contribution is 5.95. The van der Waals surface area contributed by atoms with E-state index in [2.05, 4.69) is 10.2 Å². The Bertz CT molecular complexity index is 1030. The van der Waals surface area contributed by atoms with Gasteiger partial charge in [-0.25, -0.2) is 0 Å². The summed E-state index contributed by atoms with van der Waals surface area (Å²) in [6.07, 6.45) is 3.96. The number of aromatic nitrogens is 2. The molecule has 1 aromatic heterocycles. The van der Waals surface area contributed by atoms with Crippen LogP contribution in [0, 0.1) is 0 Å². The Labute approximate surface area is 163 Å². The Morgan fingerprint density at radius 3 is 2.32 bits per heavy atom. The lowest BCUT2D eigenvalue weighted by Crippen LogP contribution is -2.50. The summed E-state index contributed by atoms with van der Waals surface area (Å²) >= 11 is 0. The number of fused-ring (bicyclic) bond motifs is 1. The fourth-order valence-corrected chi connectivity index (χ4v) is 3.43. The molecule has 0 saturated carbocycles. The van der Waals surface area contributed by atoms with Crippen molar-refractivity contribution >= 4 is 34.9 Å². The van der Waals surface area contributed by atoms with Crippen molar-refractivity contribution in [2.24, 2.45) is 0 Å². The molecule has 3 aromatic rings. The monoisotopic (exact) mass is 374 g/mol. The average molecular weight is 374 g/mol. The van der Waals surface area contributed by atoms with Crippen LogP contribution < -0.4 is 0 Å². The predicted octanol–water partition coefficient (Wildman–Crippen LogP) is 3.04. The summed E-state index contributed by atoms with van der Waals surface area (Å²) in [6.45, 7) is 3.91. The van der Waals surface area contributed by atoms with Gasteiger partial charge in [-0.3, -0.25) is 14.7 Å². The van der Waals surface area contributed by atoms with Gasteiger partial charge in [-0.15, -0.1) is 0 Å². The summed E-state index contributed by atoms with van der Waals surface area (Å²) < 4.78 is 0. The average Bonchev–Trinajstić information content (AvgIpc) is 3.15. The van der Waals surface area contributed by atoms with Gasteiger partial charge in [0.15, 0.2) is 0 Å². The molecule has 2 aromatic carbocycles. The molecule has 0 unspecified atom stereocenters. The molecule has 1 N–H and O–H groups in total. The number of para-hydroxylation sites is 1. The highest BCUT2D eigenvalue weighted by atomic mass is 16.2. The van der Waals surface area contributed by atoms with Crippen molar-refractivity contribution in [1.82, 2.24) is 20.0 Å². The molecule has 1 aliphatic rings. The minimum atomic E-state index is 0.0111. The fraction of sp³-hybridized carbons (Fsp3) is 0.227. The van der Waals surface area contributed by atoms with Crippen LogP contribution in [0.25, 0.3) is 23.1 Å². The fourth-order valence-electron chi connectivity index (χ4n) is 3.43. The van der Waals surface area contributed by atoms with Crippen molar-refractivity contribution in [2.75, 3.05) is 26.2 Å². The molecule has 0 atom stereocenters. The number of nitrogens with one attached hydrogen (secondary N) is 1. The summed E-state index contributed by atoms with van der Waals surface area (Å²) in [6, 6.07) is 15.6. The number of carbonyl (C=O) groups is 2. The zero-order valence-corrected chi connectivity index (χ0v) is 15.8. The number of aromatic amines is 1. The molecule has 1 fully saturated rings. The lowest BCUT2D eigenvalue weighted by Gasteiger charge is -2.34. The smallest absolute Gasteiger partial charge is 0.253 e. The van der Waals surface area contributed by atoms with E-state index < -0.39 is 0 Å². The molecule has 6 nitrogen and oxygen atoms in total. The second-order valence-corrected chi connectivity index (χ2v) is 6.91. The summed E-state index contributed by atoms with van der Waals surface area (Å²) in [5, 5.41) is 8.43. The van der Waals surface area contributed by atoms with Gasteiger partial charge in [0, 0.05) is 44.1 Å². The summed E-state index contributed by atoms with van der Waals surface area (Å²) in [4.78, 5) is 27.7. The van der Waals surface area contributed by atoms with Crippen LogP contribution in [0.5, 0.6) is 0 Å². The normalized spacial score (nSPS) is 14.8. The molecular formula is C22H22N4O2. The first-order chi connectivity index (χ1) is 13.6. The largest absolute Gasteiger partial charge is 0.339 e. The molecule has 0 aliphatic carbocycles. The molecule has 28 heavy (non-hydrogen) atoms. The van der Waals surface area contributed by atoms with Crippen LogP contribution in [0.4, 0.5) is 0 Å². The van der Waals surface area contributed by atoms with E-state index in [0.29, 0.717) is 31.7 Å². The van der Waals surface area contributed by atoms with Crippen LogP contribution in [0.2, 0.25) is 0 Å². The third-order valence-electron chi connectivity index (χ3n) is 5.10. The number of rotatable bonds is 3. The minimum absolute atomic E-state index is 0.0111.